The quantitative estimate of drug-likeness (QED) is 0.470. The van der Waals surface area contributed by atoms with Gasteiger partial charge in [-0.1, -0.05) is 44.7 Å². The number of hydrogen-bond acceptors (Lipinski definition) is 5. The Morgan fingerprint density at radius 3 is 2.83 bits per heavy atom. The molecule has 1 saturated heterocycles. The Kier molecular flexibility index (Phi) is 8.14. The summed E-state index contributed by atoms with van der Waals surface area (Å²) in [7, 11) is 0. The molecule has 6 heteroatoms. The lowest BCUT2D eigenvalue weighted by Gasteiger charge is -2.34. The van der Waals surface area contributed by atoms with Gasteiger partial charge in [-0.3, -0.25) is 4.79 Å². The SMILES string of the molecule is CCc1cc(N2CCCCC2C)nc(SCc2cccc(C(=O)NCC(C)C)c2)n1. The third kappa shape index (κ3) is 6.21. The van der Waals surface area contributed by atoms with E-state index >= 15 is 0 Å². The fourth-order valence-corrected chi connectivity index (χ4v) is 4.46. The van der Waals surface area contributed by atoms with Gasteiger partial charge in [0, 0.05) is 42.2 Å². The van der Waals surface area contributed by atoms with Gasteiger partial charge in [-0.05, 0) is 56.2 Å². The third-order valence-electron chi connectivity index (χ3n) is 5.43. The Hall–Kier alpha value is -2.08. The first kappa shape index (κ1) is 22.6. The van der Waals surface area contributed by atoms with Crippen LogP contribution in [0.25, 0.3) is 0 Å². The molecular formula is C24H34N4OS. The van der Waals surface area contributed by atoms with Crippen molar-refractivity contribution in [3.8, 4) is 0 Å². The monoisotopic (exact) mass is 426 g/mol. The summed E-state index contributed by atoms with van der Waals surface area (Å²) in [5.74, 6) is 2.22. The van der Waals surface area contributed by atoms with E-state index in [9.17, 15) is 4.79 Å². The number of nitrogens with zero attached hydrogens (tertiary/aromatic N) is 3. The van der Waals surface area contributed by atoms with Gasteiger partial charge in [0.05, 0.1) is 0 Å². The van der Waals surface area contributed by atoms with E-state index in [1.807, 2.05) is 18.2 Å². The summed E-state index contributed by atoms with van der Waals surface area (Å²) in [6.45, 7) is 10.4. The summed E-state index contributed by atoms with van der Waals surface area (Å²) in [6, 6.07) is 10.5. The summed E-state index contributed by atoms with van der Waals surface area (Å²) in [5, 5.41) is 3.80. The molecule has 1 aromatic carbocycles. The first-order valence-electron chi connectivity index (χ1n) is 11.1. The van der Waals surface area contributed by atoms with Crippen molar-refractivity contribution in [1.29, 1.82) is 0 Å². The average molecular weight is 427 g/mol. The van der Waals surface area contributed by atoms with E-state index in [2.05, 4.69) is 50.0 Å². The number of nitrogens with one attached hydrogen (secondary N) is 1. The number of aromatic nitrogens is 2. The third-order valence-corrected chi connectivity index (χ3v) is 6.35. The number of hydrogen-bond donors (Lipinski definition) is 1. The average Bonchev–Trinajstić information content (AvgIpc) is 2.76. The standard InChI is InChI=1S/C24H34N4OS/c1-5-21-14-22(28-12-7-6-9-18(28)4)27-24(26-21)30-16-19-10-8-11-20(13-19)23(29)25-15-17(2)3/h8,10-11,13-14,17-18H,5-7,9,12,15-16H2,1-4H3,(H,25,29). The molecule has 3 rings (SSSR count). The van der Waals surface area contributed by atoms with Crippen LogP contribution in [0.1, 0.15) is 68.6 Å². The minimum atomic E-state index is -0.0128. The molecule has 30 heavy (non-hydrogen) atoms. The summed E-state index contributed by atoms with van der Waals surface area (Å²) < 4.78 is 0. The molecule has 1 fully saturated rings. The van der Waals surface area contributed by atoms with E-state index in [-0.39, 0.29) is 5.91 Å². The van der Waals surface area contributed by atoms with Crippen LogP contribution >= 0.6 is 11.8 Å². The second-order valence-corrected chi connectivity index (χ2v) is 9.43. The molecule has 5 nitrogen and oxygen atoms in total. The number of aryl methyl sites for hydroxylation is 1. The predicted octanol–water partition coefficient (Wildman–Crippen LogP) is 5.10. The maximum atomic E-state index is 12.4. The molecule has 0 aliphatic carbocycles. The molecule has 1 aliphatic heterocycles. The van der Waals surface area contributed by atoms with Crippen LogP contribution in [0, 0.1) is 5.92 Å². The highest BCUT2D eigenvalue weighted by Crippen LogP contribution is 2.27. The number of thioether (sulfide) groups is 1. The van der Waals surface area contributed by atoms with Crippen LogP contribution in [0.2, 0.25) is 0 Å². The van der Waals surface area contributed by atoms with Crippen LogP contribution < -0.4 is 10.2 Å². The van der Waals surface area contributed by atoms with E-state index in [1.165, 1.54) is 19.3 Å². The van der Waals surface area contributed by atoms with Crippen LogP contribution in [-0.4, -0.2) is 35.0 Å². The van der Waals surface area contributed by atoms with Crippen molar-refractivity contribution in [2.45, 2.75) is 70.3 Å². The van der Waals surface area contributed by atoms with Crippen molar-refractivity contribution in [1.82, 2.24) is 15.3 Å². The Bertz CT molecular complexity index is 855. The zero-order chi connectivity index (χ0) is 21.5. The molecule has 1 N–H and O–H groups in total. The van der Waals surface area contributed by atoms with Crippen LogP contribution in [-0.2, 0) is 12.2 Å². The highest BCUT2D eigenvalue weighted by Gasteiger charge is 2.21. The Balaban J connectivity index is 1.70. The van der Waals surface area contributed by atoms with Gasteiger partial charge in [-0.25, -0.2) is 9.97 Å². The maximum absolute atomic E-state index is 12.4. The van der Waals surface area contributed by atoms with Gasteiger partial charge in [0.25, 0.3) is 5.91 Å². The van der Waals surface area contributed by atoms with Crippen molar-refractivity contribution in [3.63, 3.8) is 0 Å². The fraction of sp³-hybridized carbons (Fsp3) is 0.542. The van der Waals surface area contributed by atoms with E-state index in [0.29, 0.717) is 24.1 Å². The summed E-state index contributed by atoms with van der Waals surface area (Å²) in [6.07, 6.45) is 4.65. The number of benzene rings is 1. The number of piperidine rings is 1. The van der Waals surface area contributed by atoms with Gasteiger partial charge in [0.2, 0.25) is 0 Å². The zero-order valence-electron chi connectivity index (χ0n) is 18.6. The van der Waals surface area contributed by atoms with Gasteiger partial charge >= 0.3 is 0 Å². The number of anilines is 1. The van der Waals surface area contributed by atoms with Crippen LogP contribution in [0.5, 0.6) is 0 Å². The molecular weight excluding hydrogens is 392 g/mol. The molecule has 0 bridgehead atoms. The Morgan fingerprint density at radius 1 is 1.27 bits per heavy atom. The fourth-order valence-electron chi connectivity index (χ4n) is 3.64. The Morgan fingerprint density at radius 2 is 2.10 bits per heavy atom. The van der Waals surface area contributed by atoms with Gasteiger partial charge in [-0.15, -0.1) is 0 Å². The molecule has 2 heterocycles. The molecule has 0 saturated carbocycles. The topological polar surface area (TPSA) is 58.1 Å². The van der Waals surface area contributed by atoms with Crippen molar-refractivity contribution in [2.75, 3.05) is 18.0 Å². The van der Waals surface area contributed by atoms with Crippen molar-refractivity contribution >= 4 is 23.5 Å². The van der Waals surface area contributed by atoms with Crippen molar-refractivity contribution < 1.29 is 4.79 Å². The molecule has 162 valence electrons. The van der Waals surface area contributed by atoms with Crippen LogP contribution in [0.15, 0.2) is 35.5 Å². The van der Waals surface area contributed by atoms with E-state index in [1.54, 1.807) is 11.8 Å². The van der Waals surface area contributed by atoms with Gasteiger partial charge in [0.15, 0.2) is 5.16 Å². The van der Waals surface area contributed by atoms with Gasteiger partial charge in [-0.2, -0.15) is 0 Å². The summed E-state index contributed by atoms with van der Waals surface area (Å²) >= 11 is 1.64. The van der Waals surface area contributed by atoms with Gasteiger partial charge < -0.3 is 10.2 Å². The number of amides is 1. The van der Waals surface area contributed by atoms with Crippen molar-refractivity contribution in [2.24, 2.45) is 5.92 Å². The lowest BCUT2D eigenvalue weighted by molar-refractivity contribution is 0.0949. The van der Waals surface area contributed by atoms with E-state index < -0.39 is 0 Å². The zero-order valence-corrected chi connectivity index (χ0v) is 19.5. The molecule has 1 amide bonds. The highest BCUT2D eigenvalue weighted by molar-refractivity contribution is 7.98. The second kappa shape index (κ2) is 10.8. The predicted molar refractivity (Wildman–Crippen MR) is 125 cm³/mol. The summed E-state index contributed by atoms with van der Waals surface area (Å²) in [5.41, 5.74) is 2.90. The molecule has 0 radical (unpaired) electrons. The van der Waals surface area contributed by atoms with Gasteiger partial charge in [0.1, 0.15) is 5.82 Å². The van der Waals surface area contributed by atoms with Crippen molar-refractivity contribution in [3.05, 3.63) is 47.2 Å². The molecule has 0 spiro atoms. The Labute approximate surface area is 185 Å². The maximum Gasteiger partial charge on any atom is 0.251 e. The molecule has 1 aromatic heterocycles. The molecule has 1 aliphatic rings. The smallest absolute Gasteiger partial charge is 0.251 e. The van der Waals surface area contributed by atoms with E-state index in [0.717, 1.165) is 41.0 Å². The van der Waals surface area contributed by atoms with E-state index in [4.69, 9.17) is 9.97 Å². The minimum absolute atomic E-state index is 0.0128. The van der Waals surface area contributed by atoms with Crippen LogP contribution in [0.3, 0.4) is 0 Å². The first-order chi connectivity index (χ1) is 14.5. The minimum Gasteiger partial charge on any atom is -0.354 e. The summed E-state index contributed by atoms with van der Waals surface area (Å²) in [4.78, 5) is 24.4. The highest BCUT2D eigenvalue weighted by atomic mass is 32.2. The second-order valence-electron chi connectivity index (χ2n) is 8.48. The number of carbonyl (C=O) groups is 1. The molecule has 1 unspecified atom stereocenters. The lowest BCUT2D eigenvalue weighted by atomic mass is 10.0. The largest absolute Gasteiger partial charge is 0.354 e. The van der Waals surface area contributed by atoms with Crippen LogP contribution in [0.4, 0.5) is 5.82 Å². The number of carbonyl (C=O) groups excluding carboxylic acids is 1. The number of rotatable bonds is 8. The molecule has 1 atom stereocenters. The normalized spacial score (nSPS) is 16.7. The first-order valence-corrected chi connectivity index (χ1v) is 12.1. The lowest BCUT2D eigenvalue weighted by Crippen LogP contribution is -2.38. The molecule has 2 aromatic rings.